The van der Waals surface area contributed by atoms with Crippen molar-refractivity contribution in [2.75, 3.05) is 0 Å². The molecule has 0 unspecified atom stereocenters. The molecule has 0 bridgehead atoms. The Morgan fingerprint density at radius 2 is 1.79 bits per heavy atom. The monoisotopic (exact) mass is 465 g/mol. The van der Waals surface area contributed by atoms with Gasteiger partial charge in [-0.1, -0.05) is 48.0 Å². The zero-order valence-corrected chi connectivity index (χ0v) is 19.0. The van der Waals surface area contributed by atoms with Gasteiger partial charge in [0, 0.05) is 17.0 Å². The lowest BCUT2D eigenvalue weighted by atomic mass is 10.1. The van der Waals surface area contributed by atoms with E-state index in [2.05, 4.69) is 0 Å². The average molecular weight is 466 g/mol. The summed E-state index contributed by atoms with van der Waals surface area (Å²) in [5.41, 5.74) is 3.82. The van der Waals surface area contributed by atoms with Crippen LogP contribution >= 0.6 is 11.3 Å². The van der Waals surface area contributed by atoms with Gasteiger partial charge in [-0.25, -0.2) is 4.98 Å². The third-order valence-corrected chi connectivity index (χ3v) is 6.42. The van der Waals surface area contributed by atoms with Crippen molar-refractivity contribution in [1.29, 1.82) is 0 Å². The lowest BCUT2D eigenvalue weighted by Gasteiger charge is -2.12. The number of nitro groups is 1. The molecule has 0 atom stereocenters. The van der Waals surface area contributed by atoms with E-state index in [1.807, 2.05) is 66.9 Å². The van der Waals surface area contributed by atoms with E-state index in [4.69, 9.17) is 4.98 Å². The number of aryl methyl sites for hydroxylation is 1. The smallest absolute Gasteiger partial charge is 0.268 e. The van der Waals surface area contributed by atoms with Crippen molar-refractivity contribution < 1.29 is 4.92 Å². The fraction of sp³-hybridized carbons (Fsp3) is 0.0370. The fourth-order valence-electron chi connectivity index (χ4n) is 3.77. The molecule has 0 saturated carbocycles. The molecule has 5 rings (SSSR count). The summed E-state index contributed by atoms with van der Waals surface area (Å²) in [5.74, 6) is 0.441. The Kier molecular flexibility index (Phi) is 5.61. The Morgan fingerprint density at radius 3 is 2.53 bits per heavy atom. The molecule has 2 aromatic heterocycles. The maximum Gasteiger partial charge on any atom is 0.270 e. The van der Waals surface area contributed by atoms with Crippen LogP contribution in [0.5, 0.6) is 0 Å². The summed E-state index contributed by atoms with van der Waals surface area (Å²) in [5, 5.41) is 13.7. The third-order valence-electron chi connectivity index (χ3n) is 5.50. The number of non-ortho nitro benzene ring substituents is 1. The molecule has 166 valence electrons. The fourth-order valence-corrected chi connectivity index (χ4v) is 4.49. The van der Waals surface area contributed by atoms with Gasteiger partial charge in [0.25, 0.3) is 11.2 Å². The normalized spacial score (nSPS) is 11.3. The number of nitrogens with zero attached hydrogens (tertiary/aromatic N) is 3. The molecule has 0 radical (unpaired) electrons. The molecular weight excluding hydrogens is 446 g/mol. The van der Waals surface area contributed by atoms with E-state index < -0.39 is 4.92 Å². The predicted molar refractivity (Wildman–Crippen MR) is 137 cm³/mol. The maximum absolute atomic E-state index is 13.7. The lowest BCUT2D eigenvalue weighted by molar-refractivity contribution is -0.384. The highest BCUT2D eigenvalue weighted by Gasteiger charge is 2.13. The Hall–Kier alpha value is -4.36. The van der Waals surface area contributed by atoms with E-state index in [1.165, 1.54) is 12.1 Å². The zero-order valence-electron chi connectivity index (χ0n) is 18.2. The van der Waals surface area contributed by atoms with Crippen molar-refractivity contribution in [3.05, 3.63) is 122 Å². The van der Waals surface area contributed by atoms with Crippen LogP contribution in [0.1, 0.15) is 17.0 Å². The summed E-state index contributed by atoms with van der Waals surface area (Å²) >= 11 is 1.62. The van der Waals surface area contributed by atoms with E-state index in [9.17, 15) is 14.9 Å². The molecule has 3 aromatic carbocycles. The van der Waals surface area contributed by atoms with Gasteiger partial charge in [0.1, 0.15) is 5.82 Å². The van der Waals surface area contributed by atoms with Crippen LogP contribution in [0.3, 0.4) is 0 Å². The summed E-state index contributed by atoms with van der Waals surface area (Å²) < 4.78 is 1.58. The lowest BCUT2D eigenvalue weighted by Crippen LogP contribution is -2.22. The van der Waals surface area contributed by atoms with Gasteiger partial charge in [0.05, 0.1) is 21.5 Å². The maximum atomic E-state index is 13.7. The number of nitro benzene ring substituents is 1. The van der Waals surface area contributed by atoms with Crippen LogP contribution < -0.4 is 5.56 Å². The van der Waals surface area contributed by atoms with Crippen molar-refractivity contribution in [2.45, 2.75) is 6.92 Å². The van der Waals surface area contributed by atoms with Gasteiger partial charge in [-0.05, 0) is 59.8 Å². The highest BCUT2D eigenvalue weighted by atomic mass is 32.1. The molecule has 34 heavy (non-hydrogen) atoms. The molecule has 0 aliphatic carbocycles. The largest absolute Gasteiger partial charge is 0.270 e. The average Bonchev–Trinajstić information content (AvgIpc) is 3.39. The standard InChI is InChI=1S/C27H19N3O3S/c1-18-7-11-21(12-8-18)29-26(14-9-19-4-2-5-22(16-19)30(32)33)28-24-13-10-20(17-23(24)27(29)31)25-6-3-15-34-25/h2-17H,1H3/b14-9+. The minimum atomic E-state index is -0.432. The van der Waals surface area contributed by atoms with Crippen LogP contribution in [-0.2, 0) is 0 Å². The van der Waals surface area contributed by atoms with Crippen LogP contribution in [-0.4, -0.2) is 14.5 Å². The van der Waals surface area contributed by atoms with Gasteiger partial charge < -0.3 is 0 Å². The second kappa shape index (κ2) is 8.88. The molecule has 0 spiro atoms. The number of thiophene rings is 1. The molecule has 2 heterocycles. The molecule has 6 nitrogen and oxygen atoms in total. The van der Waals surface area contributed by atoms with Crippen molar-refractivity contribution in [3.63, 3.8) is 0 Å². The first-order valence-corrected chi connectivity index (χ1v) is 11.5. The Bertz CT molecular complexity index is 1600. The highest BCUT2D eigenvalue weighted by Crippen LogP contribution is 2.27. The van der Waals surface area contributed by atoms with E-state index in [1.54, 1.807) is 40.2 Å². The molecule has 7 heteroatoms. The second-order valence-electron chi connectivity index (χ2n) is 7.84. The molecule has 0 aliphatic heterocycles. The molecule has 0 aliphatic rings. The van der Waals surface area contributed by atoms with Gasteiger partial charge in [-0.2, -0.15) is 0 Å². The molecule has 0 amide bonds. The van der Waals surface area contributed by atoms with Gasteiger partial charge >= 0.3 is 0 Å². The van der Waals surface area contributed by atoms with Crippen LogP contribution in [0.2, 0.25) is 0 Å². The van der Waals surface area contributed by atoms with E-state index in [-0.39, 0.29) is 11.2 Å². The second-order valence-corrected chi connectivity index (χ2v) is 8.79. The number of fused-ring (bicyclic) bond motifs is 1. The Labute approximate surface area is 199 Å². The minimum absolute atomic E-state index is 0.00523. The number of hydrogen-bond donors (Lipinski definition) is 0. The highest BCUT2D eigenvalue weighted by molar-refractivity contribution is 7.13. The SMILES string of the molecule is Cc1ccc(-n2c(/C=C/c3cccc([N+](=O)[O-])c3)nc3ccc(-c4cccs4)cc3c2=O)cc1. The predicted octanol–water partition coefficient (Wildman–Crippen LogP) is 6.50. The zero-order chi connectivity index (χ0) is 23.7. The van der Waals surface area contributed by atoms with Crippen molar-refractivity contribution >= 4 is 40.1 Å². The molecule has 0 fully saturated rings. The van der Waals surface area contributed by atoms with Gasteiger partial charge in [-0.3, -0.25) is 19.5 Å². The quantitative estimate of drug-likeness (QED) is 0.219. The van der Waals surface area contributed by atoms with Crippen molar-refractivity contribution in [3.8, 4) is 16.1 Å². The van der Waals surface area contributed by atoms with Crippen LogP contribution in [0.4, 0.5) is 5.69 Å². The number of benzene rings is 3. The van der Waals surface area contributed by atoms with E-state index in [0.29, 0.717) is 28.0 Å². The first kappa shape index (κ1) is 21.5. The first-order chi connectivity index (χ1) is 16.5. The van der Waals surface area contributed by atoms with E-state index in [0.717, 1.165) is 16.0 Å². The van der Waals surface area contributed by atoms with Crippen LogP contribution in [0.15, 0.2) is 89.0 Å². The summed E-state index contributed by atoms with van der Waals surface area (Å²) in [6.07, 6.45) is 3.44. The molecular formula is C27H19N3O3S. The number of rotatable bonds is 5. The molecule has 0 saturated heterocycles. The summed E-state index contributed by atoms with van der Waals surface area (Å²) in [4.78, 5) is 30.3. The third kappa shape index (κ3) is 4.16. The Balaban J connectivity index is 1.70. The van der Waals surface area contributed by atoms with Crippen molar-refractivity contribution in [2.24, 2.45) is 0 Å². The van der Waals surface area contributed by atoms with E-state index >= 15 is 0 Å². The summed E-state index contributed by atoms with van der Waals surface area (Å²) in [7, 11) is 0. The molecule has 5 aromatic rings. The minimum Gasteiger partial charge on any atom is -0.268 e. The van der Waals surface area contributed by atoms with Gasteiger partial charge in [-0.15, -0.1) is 11.3 Å². The van der Waals surface area contributed by atoms with Crippen LogP contribution in [0, 0.1) is 17.0 Å². The van der Waals surface area contributed by atoms with Crippen molar-refractivity contribution in [1.82, 2.24) is 9.55 Å². The number of aromatic nitrogens is 2. The van der Waals surface area contributed by atoms with Gasteiger partial charge in [0.2, 0.25) is 0 Å². The Morgan fingerprint density at radius 1 is 0.971 bits per heavy atom. The van der Waals surface area contributed by atoms with Crippen LogP contribution in [0.25, 0.3) is 39.2 Å². The van der Waals surface area contributed by atoms with Gasteiger partial charge in [0.15, 0.2) is 0 Å². The molecule has 0 N–H and O–H groups in total. The topological polar surface area (TPSA) is 78.0 Å². The first-order valence-electron chi connectivity index (χ1n) is 10.6. The number of hydrogen-bond acceptors (Lipinski definition) is 5. The summed E-state index contributed by atoms with van der Waals surface area (Å²) in [6, 6.07) is 23.7. The summed E-state index contributed by atoms with van der Waals surface area (Å²) in [6.45, 7) is 1.99.